The second-order valence-electron chi connectivity index (χ2n) is 5.86. The summed E-state index contributed by atoms with van der Waals surface area (Å²) < 4.78 is 2.85. The van der Waals surface area contributed by atoms with E-state index in [-0.39, 0.29) is 11.2 Å². The Morgan fingerprint density at radius 2 is 1.84 bits per heavy atom. The van der Waals surface area contributed by atoms with Crippen molar-refractivity contribution in [2.24, 2.45) is 0 Å². The summed E-state index contributed by atoms with van der Waals surface area (Å²) in [6, 6.07) is 3.69. The van der Waals surface area contributed by atoms with Crippen molar-refractivity contribution in [1.82, 2.24) is 24.1 Å². The highest BCUT2D eigenvalue weighted by molar-refractivity contribution is 5.75. The van der Waals surface area contributed by atoms with Crippen molar-refractivity contribution < 1.29 is 0 Å². The van der Waals surface area contributed by atoms with Gasteiger partial charge in [0.25, 0.3) is 5.56 Å². The fourth-order valence-corrected chi connectivity index (χ4v) is 2.83. The maximum atomic E-state index is 12.7. The quantitative estimate of drug-likeness (QED) is 0.712. The summed E-state index contributed by atoms with van der Waals surface area (Å²) in [5, 5.41) is 2.96. The number of aryl methyl sites for hydroxylation is 1. The van der Waals surface area contributed by atoms with Gasteiger partial charge < -0.3 is 10.3 Å². The van der Waals surface area contributed by atoms with Crippen LogP contribution in [-0.4, -0.2) is 31.1 Å². The maximum Gasteiger partial charge on any atom is 0.332 e. The van der Waals surface area contributed by atoms with Crippen LogP contribution in [0.3, 0.4) is 0 Å². The Morgan fingerprint density at radius 1 is 1.12 bits per heavy atom. The van der Waals surface area contributed by atoms with Gasteiger partial charge in [0.1, 0.15) is 17.2 Å². The molecule has 8 heteroatoms. The number of H-pyrrole nitrogens is 1. The fourth-order valence-electron chi connectivity index (χ4n) is 2.83. The normalized spacial score (nSPS) is 11.2. The lowest BCUT2D eigenvalue weighted by molar-refractivity contribution is 0.555. The van der Waals surface area contributed by atoms with E-state index in [1.807, 2.05) is 26.0 Å². The highest BCUT2D eigenvalue weighted by atomic mass is 16.2. The van der Waals surface area contributed by atoms with E-state index in [1.54, 1.807) is 17.8 Å². The lowest BCUT2D eigenvalue weighted by Gasteiger charge is -2.09. The number of rotatable bonds is 6. The molecular formula is C17H22N6O2. The smallest absolute Gasteiger partial charge is 0.332 e. The summed E-state index contributed by atoms with van der Waals surface area (Å²) in [7, 11) is 1.79. The molecule has 0 aliphatic heterocycles. The SMILES string of the molecule is CCCn1c(=O)c2[nH]c(-c3ccc(NC)nc3)nc2n(CCC)c1=O. The van der Waals surface area contributed by atoms with E-state index in [9.17, 15) is 9.59 Å². The zero-order valence-corrected chi connectivity index (χ0v) is 14.7. The number of fused-ring (bicyclic) bond motifs is 1. The van der Waals surface area contributed by atoms with Crippen molar-refractivity contribution in [3.05, 3.63) is 39.2 Å². The molecule has 132 valence electrons. The van der Waals surface area contributed by atoms with Crippen LogP contribution in [0.15, 0.2) is 27.9 Å². The van der Waals surface area contributed by atoms with Crippen LogP contribution in [0.2, 0.25) is 0 Å². The molecule has 0 aromatic carbocycles. The van der Waals surface area contributed by atoms with Crippen LogP contribution < -0.4 is 16.6 Å². The first-order valence-electron chi connectivity index (χ1n) is 8.48. The van der Waals surface area contributed by atoms with Gasteiger partial charge in [-0.15, -0.1) is 0 Å². The van der Waals surface area contributed by atoms with Gasteiger partial charge in [-0.25, -0.2) is 14.8 Å². The van der Waals surface area contributed by atoms with Crippen LogP contribution in [0.25, 0.3) is 22.6 Å². The number of hydrogen-bond acceptors (Lipinski definition) is 5. The van der Waals surface area contributed by atoms with Crippen molar-refractivity contribution in [2.75, 3.05) is 12.4 Å². The van der Waals surface area contributed by atoms with E-state index in [2.05, 4.69) is 20.3 Å². The van der Waals surface area contributed by atoms with Gasteiger partial charge in [-0.2, -0.15) is 0 Å². The molecule has 8 nitrogen and oxygen atoms in total. The molecule has 3 rings (SSSR count). The van der Waals surface area contributed by atoms with E-state index in [4.69, 9.17) is 0 Å². The van der Waals surface area contributed by atoms with Gasteiger partial charge in [0.2, 0.25) is 0 Å². The first-order valence-corrected chi connectivity index (χ1v) is 8.48. The number of imidazole rings is 1. The van der Waals surface area contributed by atoms with Gasteiger partial charge in [0.15, 0.2) is 5.65 Å². The summed E-state index contributed by atoms with van der Waals surface area (Å²) in [4.78, 5) is 37.2. The number of anilines is 1. The number of nitrogens with zero attached hydrogens (tertiary/aromatic N) is 4. The fraction of sp³-hybridized carbons (Fsp3) is 0.412. The average Bonchev–Trinajstić information content (AvgIpc) is 3.08. The van der Waals surface area contributed by atoms with Crippen LogP contribution in [-0.2, 0) is 13.1 Å². The third-order valence-corrected chi connectivity index (χ3v) is 4.05. The van der Waals surface area contributed by atoms with Crippen molar-refractivity contribution in [2.45, 2.75) is 39.8 Å². The van der Waals surface area contributed by atoms with Gasteiger partial charge in [-0.3, -0.25) is 13.9 Å². The maximum absolute atomic E-state index is 12.7. The molecule has 0 unspecified atom stereocenters. The van der Waals surface area contributed by atoms with Crippen molar-refractivity contribution in [3.8, 4) is 11.4 Å². The predicted molar refractivity (Wildman–Crippen MR) is 98.0 cm³/mol. The van der Waals surface area contributed by atoms with Crippen LogP contribution in [0.5, 0.6) is 0 Å². The van der Waals surface area contributed by atoms with Gasteiger partial charge >= 0.3 is 5.69 Å². The molecule has 3 aromatic rings. The second-order valence-corrected chi connectivity index (χ2v) is 5.86. The number of nitrogens with one attached hydrogen (secondary N) is 2. The zero-order valence-electron chi connectivity index (χ0n) is 14.7. The minimum atomic E-state index is -0.326. The molecule has 0 aliphatic carbocycles. The van der Waals surface area contributed by atoms with Crippen LogP contribution in [0, 0.1) is 0 Å². The van der Waals surface area contributed by atoms with Crippen LogP contribution >= 0.6 is 0 Å². The van der Waals surface area contributed by atoms with E-state index in [0.29, 0.717) is 36.5 Å². The molecule has 0 fully saturated rings. The topological polar surface area (TPSA) is 97.6 Å². The molecule has 0 saturated carbocycles. The van der Waals surface area contributed by atoms with Crippen molar-refractivity contribution >= 4 is 17.0 Å². The summed E-state index contributed by atoms with van der Waals surface area (Å²) >= 11 is 0. The first kappa shape index (κ1) is 16.9. The zero-order chi connectivity index (χ0) is 18.0. The second kappa shape index (κ2) is 6.92. The molecule has 2 N–H and O–H groups in total. The summed E-state index contributed by atoms with van der Waals surface area (Å²) in [6.07, 6.45) is 3.17. The first-order chi connectivity index (χ1) is 12.1. The standard InChI is InChI=1S/C17H22N6O2/c1-4-8-22-15-13(16(24)23(9-5-2)17(22)25)20-14(21-15)11-6-7-12(18-3)19-10-11/h6-7,10H,4-5,8-9H2,1-3H3,(H,18,19)(H,20,21). The van der Waals surface area contributed by atoms with Crippen LogP contribution in [0.1, 0.15) is 26.7 Å². The molecule has 0 aliphatic rings. The lowest BCUT2D eigenvalue weighted by atomic mass is 10.3. The predicted octanol–water partition coefficient (Wildman–Crippen LogP) is 1.81. The molecular weight excluding hydrogens is 320 g/mol. The van der Waals surface area contributed by atoms with E-state index in [0.717, 1.165) is 17.8 Å². The Bertz CT molecular complexity index is 997. The molecule has 25 heavy (non-hydrogen) atoms. The summed E-state index contributed by atoms with van der Waals surface area (Å²) in [5.41, 5.74) is 0.883. The van der Waals surface area contributed by atoms with Gasteiger partial charge in [-0.1, -0.05) is 13.8 Å². The number of hydrogen-bond donors (Lipinski definition) is 2. The Hall–Kier alpha value is -2.90. The Labute approximate surface area is 144 Å². The lowest BCUT2D eigenvalue weighted by Crippen LogP contribution is -2.40. The van der Waals surface area contributed by atoms with E-state index < -0.39 is 0 Å². The summed E-state index contributed by atoms with van der Waals surface area (Å²) in [6.45, 7) is 4.83. The molecule has 0 bridgehead atoms. The average molecular weight is 342 g/mol. The molecule has 0 spiro atoms. The highest BCUT2D eigenvalue weighted by Crippen LogP contribution is 2.18. The molecule has 0 atom stereocenters. The summed E-state index contributed by atoms with van der Waals surface area (Å²) in [5.74, 6) is 1.27. The van der Waals surface area contributed by atoms with Gasteiger partial charge in [0.05, 0.1) is 0 Å². The Morgan fingerprint density at radius 3 is 2.44 bits per heavy atom. The van der Waals surface area contributed by atoms with Crippen molar-refractivity contribution in [1.29, 1.82) is 0 Å². The monoisotopic (exact) mass is 342 g/mol. The minimum absolute atomic E-state index is 0.303. The van der Waals surface area contributed by atoms with E-state index >= 15 is 0 Å². The van der Waals surface area contributed by atoms with Crippen LogP contribution in [0.4, 0.5) is 5.82 Å². The molecule has 0 amide bonds. The number of pyridine rings is 1. The minimum Gasteiger partial charge on any atom is -0.373 e. The number of aromatic amines is 1. The Kier molecular flexibility index (Phi) is 4.69. The number of aromatic nitrogens is 5. The Balaban J connectivity index is 2.24. The molecule has 3 heterocycles. The highest BCUT2D eigenvalue weighted by Gasteiger charge is 2.17. The molecule has 0 radical (unpaired) electrons. The third-order valence-electron chi connectivity index (χ3n) is 4.05. The van der Waals surface area contributed by atoms with Crippen molar-refractivity contribution in [3.63, 3.8) is 0 Å². The molecule has 0 saturated heterocycles. The third kappa shape index (κ3) is 2.95. The molecule has 3 aromatic heterocycles. The van der Waals surface area contributed by atoms with Gasteiger partial charge in [0, 0.05) is 31.9 Å². The van der Waals surface area contributed by atoms with E-state index in [1.165, 1.54) is 4.57 Å². The largest absolute Gasteiger partial charge is 0.373 e. The van der Waals surface area contributed by atoms with Gasteiger partial charge in [-0.05, 0) is 25.0 Å².